The van der Waals surface area contributed by atoms with Crippen LogP contribution in [0.3, 0.4) is 0 Å². The first kappa shape index (κ1) is 17.6. The lowest BCUT2D eigenvalue weighted by Crippen LogP contribution is -2.32. The van der Waals surface area contributed by atoms with E-state index in [9.17, 15) is 9.18 Å². The molecule has 118 valence electrons. The van der Waals surface area contributed by atoms with E-state index in [2.05, 4.69) is 0 Å². The maximum atomic E-state index is 13.9. The molecule has 0 radical (unpaired) electrons. The second-order valence-corrected chi connectivity index (χ2v) is 4.57. The topological polar surface area (TPSA) is 38.8 Å². The van der Waals surface area contributed by atoms with Crippen molar-refractivity contribution >= 4 is 11.5 Å². The third-order valence-corrected chi connectivity index (χ3v) is 3.10. The van der Waals surface area contributed by atoms with Crippen LogP contribution in [0.15, 0.2) is 18.2 Å². The van der Waals surface area contributed by atoms with E-state index < -0.39 is 5.82 Å². The van der Waals surface area contributed by atoms with E-state index in [0.717, 1.165) is 0 Å². The molecule has 0 heterocycles. The summed E-state index contributed by atoms with van der Waals surface area (Å²) in [7, 11) is 0. The normalized spacial score (nSPS) is 10.7. The number of nitrogens with zero attached hydrogens (tertiary/aromatic N) is 1. The van der Waals surface area contributed by atoms with Crippen molar-refractivity contribution in [1.29, 1.82) is 0 Å². The Morgan fingerprint density at radius 2 is 1.71 bits per heavy atom. The lowest BCUT2D eigenvalue weighted by atomic mass is 10.1. The number of halogens is 1. The van der Waals surface area contributed by atoms with Crippen molar-refractivity contribution in [3.63, 3.8) is 0 Å². The minimum atomic E-state index is -0.488. The van der Waals surface area contributed by atoms with Crippen LogP contribution in [0.5, 0.6) is 0 Å². The molecule has 0 aromatic heterocycles. The minimum absolute atomic E-state index is 0.130. The highest BCUT2D eigenvalue weighted by atomic mass is 19.1. The van der Waals surface area contributed by atoms with E-state index in [1.807, 2.05) is 18.7 Å². The Morgan fingerprint density at radius 1 is 1.14 bits per heavy atom. The summed E-state index contributed by atoms with van der Waals surface area (Å²) in [4.78, 5) is 13.7. The van der Waals surface area contributed by atoms with Crippen molar-refractivity contribution in [2.75, 3.05) is 44.4 Å². The van der Waals surface area contributed by atoms with Crippen LogP contribution in [0, 0.1) is 5.82 Å². The van der Waals surface area contributed by atoms with Crippen molar-refractivity contribution in [3.8, 4) is 0 Å². The maximum Gasteiger partial charge on any atom is 0.164 e. The van der Waals surface area contributed by atoms with Crippen LogP contribution in [0.2, 0.25) is 0 Å². The summed E-state index contributed by atoms with van der Waals surface area (Å²) < 4.78 is 24.7. The second kappa shape index (κ2) is 9.47. The molecule has 0 N–H and O–H groups in total. The van der Waals surface area contributed by atoms with Crippen LogP contribution >= 0.6 is 0 Å². The molecule has 5 heteroatoms. The fourth-order valence-electron chi connectivity index (χ4n) is 2.12. The van der Waals surface area contributed by atoms with Gasteiger partial charge in [0.15, 0.2) is 5.78 Å². The number of Topliss-reactive ketones (excluding diaryl/α,β-unsaturated/α-hetero) is 1. The summed E-state index contributed by atoms with van der Waals surface area (Å²) in [6.07, 6.45) is 0. The lowest BCUT2D eigenvalue weighted by molar-refractivity contribution is 0.101. The van der Waals surface area contributed by atoms with Gasteiger partial charge in [-0.2, -0.15) is 0 Å². The van der Waals surface area contributed by atoms with Crippen LogP contribution in [0.1, 0.15) is 31.1 Å². The molecule has 0 atom stereocenters. The molecular formula is C16H24FNO3. The van der Waals surface area contributed by atoms with Crippen LogP contribution in [-0.2, 0) is 9.47 Å². The van der Waals surface area contributed by atoms with Gasteiger partial charge in [0.05, 0.1) is 24.5 Å². The van der Waals surface area contributed by atoms with Gasteiger partial charge in [0.25, 0.3) is 0 Å². The van der Waals surface area contributed by atoms with Gasteiger partial charge in [-0.1, -0.05) is 6.07 Å². The average molecular weight is 297 g/mol. The molecule has 0 fully saturated rings. The highest BCUT2D eigenvalue weighted by molar-refractivity contribution is 6.00. The fraction of sp³-hybridized carbons (Fsp3) is 0.562. The molecule has 1 aromatic carbocycles. The molecule has 0 aliphatic heterocycles. The van der Waals surface area contributed by atoms with Gasteiger partial charge in [-0.25, -0.2) is 4.39 Å². The minimum Gasteiger partial charge on any atom is -0.380 e. The fourth-order valence-corrected chi connectivity index (χ4v) is 2.12. The molecule has 0 bridgehead atoms. The van der Waals surface area contributed by atoms with Gasteiger partial charge >= 0.3 is 0 Å². The van der Waals surface area contributed by atoms with Crippen LogP contribution < -0.4 is 4.90 Å². The van der Waals surface area contributed by atoms with Crippen LogP contribution in [0.25, 0.3) is 0 Å². The molecule has 0 aliphatic carbocycles. The number of hydrogen-bond donors (Lipinski definition) is 0. The number of carbonyl (C=O) groups excluding carboxylic acids is 1. The number of ether oxygens (including phenoxy) is 2. The third-order valence-electron chi connectivity index (χ3n) is 3.10. The van der Waals surface area contributed by atoms with Gasteiger partial charge in [-0.15, -0.1) is 0 Å². The van der Waals surface area contributed by atoms with Gasteiger partial charge in [0.2, 0.25) is 0 Å². The Hall–Kier alpha value is -1.46. The van der Waals surface area contributed by atoms with E-state index in [0.29, 0.717) is 45.2 Å². The van der Waals surface area contributed by atoms with Crippen molar-refractivity contribution in [3.05, 3.63) is 29.6 Å². The number of carbonyl (C=O) groups is 1. The summed E-state index contributed by atoms with van der Waals surface area (Å²) in [5, 5.41) is 0. The number of benzene rings is 1. The first-order valence-electron chi connectivity index (χ1n) is 7.31. The number of ketones is 1. The third kappa shape index (κ3) is 5.44. The van der Waals surface area contributed by atoms with E-state index in [1.165, 1.54) is 13.0 Å². The molecule has 1 aromatic rings. The lowest BCUT2D eigenvalue weighted by Gasteiger charge is -2.26. The number of hydrogen-bond acceptors (Lipinski definition) is 4. The van der Waals surface area contributed by atoms with E-state index in [-0.39, 0.29) is 11.3 Å². The predicted octanol–water partition coefficient (Wildman–Crippen LogP) is 2.91. The molecule has 0 amide bonds. The first-order valence-corrected chi connectivity index (χ1v) is 7.31. The van der Waals surface area contributed by atoms with Crippen LogP contribution in [-0.4, -0.2) is 45.3 Å². The predicted molar refractivity (Wildman–Crippen MR) is 81.6 cm³/mol. The summed E-state index contributed by atoms with van der Waals surface area (Å²) >= 11 is 0. The van der Waals surface area contributed by atoms with Gasteiger partial charge in [0.1, 0.15) is 5.82 Å². The number of anilines is 1. The summed E-state index contributed by atoms with van der Waals surface area (Å²) in [6, 6.07) is 4.69. The zero-order chi connectivity index (χ0) is 15.7. The Kier molecular flexibility index (Phi) is 7.93. The Balaban J connectivity index is 2.95. The van der Waals surface area contributed by atoms with Crippen molar-refractivity contribution in [1.82, 2.24) is 0 Å². The zero-order valence-corrected chi connectivity index (χ0v) is 13.0. The molecule has 0 spiro atoms. The molecule has 0 aliphatic rings. The molecule has 0 saturated heterocycles. The number of rotatable bonds is 10. The SMILES string of the molecule is CCOCCN(CCOCC)c1cccc(F)c1C(C)=O. The Labute approximate surface area is 125 Å². The van der Waals surface area contributed by atoms with Crippen LogP contribution in [0.4, 0.5) is 10.1 Å². The highest BCUT2D eigenvalue weighted by Crippen LogP contribution is 2.23. The van der Waals surface area contributed by atoms with E-state index in [4.69, 9.17) is 9.47 Å². The zero-order valence-electron chi connectivity index (χ0n) is 13.0. The Morgan fingerprint density at radius 3 is 2.19 bits per heavy atom. The van der Waals surface area contributed by atoms with Gasteiger partial charge < -0.3 is 14.4 Å². The van der Waals surface area contributed by atoms with Crippen molar-refractivity contribution in [2.24, 2.45) is 0 Å². The van der Waals surface area contributed by atoms with Gasteiger partial charge in [0, 0.05) is 26.3 Å². The second-order valence-electron chi connectivity index (χ2n) is 4.57. The molecule has 21 heavy (non-hydrogen) atoms. The molecule has 1 rings (SSSR count). The first-order chi connectivity index (χ1) is 10.1. The van der Waals surface area contributed by atoms with Gasteiger partial charge in [-0.3, -0.25) is 4.79 Å². The maximum absolute atomic E-state index is 13.9. The van der Waals surface area contributed by atoms with Crippen molar-refractivity contribution < 1.29 is 18.7 Å². The van der Waals surface area contributed by atoms with Gasteiger partial charge in [-0.05, 0) is 32.9 Å². The smallest absolute Gasteiger partial charge is 0.164 e. The monoisotopic (exact) mass is 297 g/mol. The summed E-state index contributed by atoms with van der Waals surface area (Å²) in [6.45, 7) is 8.71. The summed E-state index contributed by atoms with van der Waals surface area (Å²) in [5.74, 6) is -0.765. The molecular weight excluding hydrogens is 273 g/mol. The van der Waals surface area contributed by atoms with Crippen molar-refractivity contribution in [2.45, 2.75) is 20.8 Å². The molecule has 0 unspecified atom stereocenters. The largest absolute Gasteiger partial charge is 0.380 e. The Bertz CT molecular complexity index is 441. The quantitative estimate of drug-likeness (QED) is 0.492. The highest BCUT2D eigenvalue weighted by Gasteiger charge is 2.17. The standard InChI is InChI=1S/C16H24FNO3/c1-4-20-11-9-18(10-12-21-5-2)15-8-6-7-14(17)16(15)13(3)19/h6-8H,4-5,9-12H2,1-3H3. The summed E-state index contributed by atoms with van der Waals surface area (Å²) in [5.41, 5.74) is 0.729. The average Bonchev–Trinajstić information content (AvgIpc) is 2.45. The van der Waals surface area contributed by atoms with E-state index in [1.54, 1.807) is 12.1 Å². The molecule has 4 nitrogen and oxygen atoms in total. The van der Waals surface area contributed by atoms with E-state index >= 15 is 0 Å². The molecule has 0 saturated carbocycles.